The second-order valence-corrected chi connectivity index (χ2v) is 10.8. The van der Waals surface area contributed by atoms with Gasteiger partial charge in [0.25, 0.3) is 0 Å². The molecule has 30 heavy (non-hydrogen) atoms. The third-order valence-electron chi connectivity index (χ3n) is 5.12. The normalized spacial score (nSPS) is 23.5. The Bertz CT molecular complexity index is 1040. The van der Waals surface area contributed by atoms with Crippen LogP contribution in [0.5, 0.6) is 11.5 Å². The summed E-state index contributed by atoms with van der Waals surface area (Å²) in [6.45, 7) is 2.03. The Morgan fingerprint density at radius 1 is 1.10 bits per heavy atom. The fourth-order valence-electron chi connectivity index (χ4n) is 3.66. The fraction of sp³-hybridized carbons (Fsp3) is 0.364. The zero-order valence-electron chi connectivity index (χ0n) is 16.7. The molecule has 0 aliphatic carbocycles. The number of hydrogen-bond acceptors (Lipinski definition) is 5. The molecule has 0 spiro atoms. The summed E-state index contributed by atoms with van der Waals surface area (Å²) in [5, 5.41) is 0.491. The Hall–Kier alpha value is -2.32. The first kappa shape index (κ1) is 20.9. The first-order valence-electron chi connectivity index (χ1n) is 10.1. The number of para-hydroxylation sites is 1. The highest BCUT2D eigenvalue weighted by Crippen LogP contribution is 2.41. The molecule has 1 amide bonds. The molecule has 2 fully saturated rings. The van der Waals surface area contributed by atoms with Crippen molar-refractivity contribution in [2.75, 3.05) is 16.4 Å². The van der Waals surface area contributed by atoms with Crippen molar-refractivity contribution in [2.45, 2.75) is 37.5 Å². The monoisotopic (exact) mass is 444 g/mol. The molecule has 0 saturated carbocycles. The highest BCUT2D eigenvalue weighted by molar-refractivity contribution is 8.16. The van der Waals surface area contributed by atoms with Gasteiger partial charge in [0, 0.05) is 17.4 Å². The molecular formula is C22H24N2O4S2. The molecule has 8 heteroatoms. The van der Waals surface area contributed by atoms with Crippen molar-refractivity contribution in [3.63, 3.8) is 0 Å². The maximum atomic E-state index is 12.3. The summed E-state index contributed by atoms with van der Waals surface area (Å²) in [6, 6.07) is 16.8. The number of hydrogen-bond donors (Lipinski definition) is 0. The molecule has 0 unspecified atom stereocenters. The zero-order chi connectivity index (χ0) is 21.1. The Kier molecular flexibility index (Phi) is 6.15. The van der Waals surface area contributed by atoms with E-state index in [1.807, 2.05) is 66.4 Å². The molecule has 2 aliphatic heterocycles. The van der Waals surface area contributed by atoms with Gasteiger partial charge in [-0.15, -0.1) is 0 Å². The summed E-state index contributed by atoms with van der Waals surface area (Å²) in [7, 11) is -3.09. The van der Waals surface area contributed by atoms with Gasteiger partial charge in [0.1, 0.15) is 11.5 Å². The number of thioether (sulfide) groups is 1. The van der Waals surface area contributed by atoms with E-state index in [4.69, 9.17) is 4.74 Å². The molecule has 2 atom stereocenters. The largest absolute Gasteiger partial charge is 0.457 e. The van der Waals surface area contributed by atoms with Crippen molar-refractivity contribution in [3.8, 4) is 11.5 Å². The lowest BCUT2D eigenvalue weighted by Crippen LogP contribution is -2.37. The standard InChI is InChI=1S/C22H24N2O4S2/c1-2-3-9-21(25)23-22-24(19-14-30(26,27)15-20(19)29-22)16-10-12-18(13-11-16)28-17-7-5-4-6-8-17/h4-8,10-13,19-20H,2-3,9,14-15H2,1H3/t19-,20+/m1/s1. The van der Waals surface area contributed by atoms with E-state index < -0.39 is 9.84 Å². The van der Waals surface area contributed by atoms with Crippen LogP contribution in [0.3, 0.4) is 0 Å². The van der Waals surface area contributed by atoms with Gasteiger partial charge >= 0.3 is 0 Å². The first-order chi connectivity index (χ1) is 14.4. The van der Waals surface area contributed by atoms with E-state index in [1.54, 1.807) is 0 Å². The average molecular weight is 445 g/mol. The maximum absolute atomic E-state index is 12.3. The number of benzene rings is 2. The molecule has 0 aromatic heterocycles. The van der Waals surface area contributed by atoms with E-state index in [0.29, 0.717) is 17.3 Å². The van der Waals surface area contributed by atoms with Crippen molar-refractivity contribution in [1.82, 2.24) is 0 Å². The number of nitrogens with zero attached hydrogens (tertiary/aromatic N) is 2. The van der Waals surface area contributed by atoms with Gasteiger partial charge in [-0.1, -0.05) is 43.3 Å². The molecule has 2 saturated heterocycles. The summed E-state index contributed by atoms with van der Waals surface area (Å²) in [5.41, 5.74) is 0.814. The number of anilines is 1. The van der Waals surface area contributed by atoms with Gasteiger partial charge < -0.3 is 9.64 Å². The van der Waals surface area contributed by atoms with Gasteiger partial charge in [-0.3, -0.25) is 4.79 Å². The fourth-order valence-corrected chi connectivity index (χ4v) is 7.59. The van der Waals surface area contributed by atoms with Gasteiger partial charge in [-0.05, 0) is 42.8 Å². The molecule has 4 rings (SSSR count). The van der Waals surface area contributed by atoms with Crippen LogP contribution in [-0.2, 0) is 14.6 Å². The molecule has 0 radical (unpaired) electrons. The Morgan fingerprint density at radius 3 is 2.50 bits per heavy atom. The second kappa shape index (κ2) is 8.81. The third-order valence-corrected chi connectivity index (χ3v) is 8.33. The molecular weight excluding hydrogens is 420 g/mol. The Labute approximate surface area is 181 Å². The van der Waals surface area contributed by atoms with Gasteiger partial charge in [0.05, 0.1) is 17.5 Å². The highest BCUT2D eigenvalue weighted by Gasteiger charge is 2.49. The number of amides is 1. The van der Waals surface area contributed by atoms with Crippen LogP contribution in [0.25, 0.3) is 0 Å². The minimum Gasteiger partial charge on any atom is -0.457 e. The van der Waals surface area contributed by atoms with Gasteiger partial charge in [-0.2, -0.15) is 4.99 Å². The summed E-state index contributed by atoms with van der Waals surface area (Å²) in [6.07, 6.45) is 2.14. The van der Waals surface area contributed by atoms with Crippen LogP contribution in [0.4, 0.5) is 5.69 Å². The molecule has 2 heterocycles. The summed E-state index contributed by atoms with van der Waals surface area (Å²) in [4.78, 5) is 18.5. The molecule has 6 nitrogen and oxygen atoms in total. The lowest BCUT2D eigenvalue weighted by Gasteiger charge is -2.24. The average Bonchev–Trinajstić information content (AvgIpc) is 3.18. The second-order valence-electron chi connectivity index (χ2n) is 7.47. The number of amidine groups is 1. The summed E-state index contributed by atoms with van der Waals surface area (Å²) in [5.74, 6) is 1.47. The predicted octanol–water partition coefficient (Wildman–Crippen LogP) is 4.27. The van der Waals surface area contributed by atoms with Gasteiger partial charge in [0.15, 0.2) is 15.0 Å². The lowest BCUT2D eigenvalue weighted by molar-refractivity contribution is -0.117. The van der Waals surface area contributed by atoms with Crippen molar-refractivity contribution in [2.24, 2.45) is 4.99 Å². The number of carbonyl (C=O) groups is 1. The molecule has 0 N–H and O–H groups in total. The number of ether oxygens (including phenoxy) is 1. The van der Waals surface area contributed by atoms with E-state index in [1.165, 1.54) is 11.8 Å². The number of sulfone groups is 1. The van der Waals surface area contributed by atoms with Crippen molar-refractivity contribution < 1.29 is 17.9 Å². The minimum absolute atomic E-state index is 0.0785. The molecule has 158 valence electrons. The smallest absolute Gasteiger partial charge is 0.248 e. The highest BCUT2D eigenvalue weighted by atomic mass is 32.2. The van der Waals surface area contributed by atoms with Crippen LogP contribution in [-0.4, -0.2) is 42.3 Å². The molecule has 2 aromatic carbocycles. The van der Waals surface area contributed by atoms with Crippen LogP contribution in [0.1, 0.15) is 26.2 Å². The topological polar surface area (TPSA) is 76.0 Å². The van der Waals surface area contributed by atoms with E-state index in [9.17, 15) is 13.2 Å². The minimum atomic E-state index is -3.09. The lowest BCUT2D eigenvalue weighted by atomic mass is 10.2. The van der Waals surface area contributed by atoms with Crippen molar-refractivity contribution in [3.05, 3.63) is 54.6 Å². The van der Waals surface area contributed by atoms with Crippen LogP contribution in [0.15, 0.2) is 59.6 Å². The van der Waals surface area contributed by atoms with Gasteiger partial charge in [-0.25, -0.2) is 8.42 Å². The molecule has 0 bridgehead atoms. The number of carbonyl (C=O) groups excluding carboxylic acids is 1. The van der Waals surface area contributed by atoms with Crippen molar-refractivity contribution >= 4 is 38.4 Å². The quantitative estimate of drug-likeness (QED) is 0.662. The SMILES string of the molecule is CCCCC(=O)N=C1S[C@H]2CS(=O)(=O)C[C@H]2N1c1ccc(Oc2ccccc2)cc1. The van der Waals surface area contributed by atoms with E-state index in [2.05, 4.69) is 4.99 Å². The Balaban J connectivity index is 1.59. The number of rotatable bonds is 6. The van der Waals surface area contributed by atoms with Crippen molar-refractivity contribution in [1.29, 1.82) is 0 Å². The number of aliphatic imine (C=N–C) groups is 1. The van der Waals surface area contributed by atoms with Gasteiger partial charge in [0.2, 0.25) is 5.91 Å². The van der Waals surface area contributed by atoms with E-state index in [-0.39, 0.29) is 28.7 Å². The van der Waals surface area contributed by atoms with Crippen LogP contribution >= 0.6 is 11.8 Å². The maximum Gasteiger partial charge on any atom is 0.248 e. The zero-order valence-corrected chi connectivity index (χ0v) is 18.4. The molecule has 2 aromatic rings. The number of fused-ring (bicyclic) bond motifs is 1. The predicted molar refractivity (Wildman–Crippen MR) is 121 cm³/mol. The summed E-state index contributed by atoms with van der Waals surface area (Å²) < 4.78 is 30.2. The first-order valence-corrected chi connectivity index (χ1v) is 12.8. The van der Waals surface area contributed by atoms with Crippen LogP contribution in [0, 0.1) is 0 Å². The van der Waals surface area contributed by atoms with E-state index >= 15 is 0 Å². The third kappa shape index (κ3) is 4.70. The number of unbranched alkanes of at least 4 members (excludes halogenated alkanes) is 1. The van der Waals surface area contributed by atoms with E-state index in [0.717, 1.165) is 24.3 Å². The van der Waals surface area contributed by atoms with Crippen LogP contribution < -0.4 is 9.64 Å². The Morgan fingerprint density at radius 2 is 1.80 bits per heavy atom. The molecule has 2 aliphatic rings. The van der Waals surface area contributed by atoms with Crippen LogP contribution in [0.2, 0.25) is 0 Å². The summed E-state index contributed by atoms with van der Waals surface area (Å²) >= 11 is 1.40.